The fourth-order valence-corrected chi connectivity index (χ4v) is 1.22. The second-order valence-electron chi connectivity index (χ2n) is 4.01. The predicted octanol–water partition coefficient (Wildman–Crippen LogP) is -0.338. The maximum absolute atomic E-state index is 11.4. The minimum absolute atomic E-state index is 0.123. The molecule has 5 nitrogen and oxygen atoms in total. The molecule has 5 heteroatoms. The molecule has 0 aromatic heterocycles. The van der Waals surface area contributed by atoms with Gasteiger partial charge in [0.1, 0.15) is 12.1 Å². The molecule has 2 N–H and O–H groups in total. The Hall–Kier alpha value is -1.10. The Morgan fingerprint density at radius 3 is 2.60 bits per heavy atom. The van der Waals surface area contributed by atoms with Crippen molar-refractivity contribution in [2.24, 2.45) is 5.92 Å². The molecule has 2 atom stereocenters. The Bertz CT molecular complexity index is 253. The van der Waals surface area contributed by atoms with Crippen LogP contribution in [0.15, 0.2) is 0 Å². The SMILES string of the molecule is CCOC(=O)[C@@H]1N[C@H]1C(=O)NCC(C)C. The van der Waals surface area contributed by atoms with Crippen LogP contribution in [0.5, 0.6) is 0 Å². The smallest absolute Gasteiger partial charge is 0.325 e. The van der Waals surface area contributed by atoms with Gasteiger partial charge in [0.25, 0.3) is 0 Å². The fourth-order valence-electron chi connectivity index (χ4n) is 1.22. The van der Waals surface area contributed by atoms with Gasteiger partial charge in [-0.2, -0.15) is 0 Å². The summed E-state index contributed by atoms with van der Waals surface area (Å²) >= 11 is 0. The van der Waals surface area contributed by atoms with E-state index in [1.165, 1.54) is 0 Å². The van der Waals surface area contributed by atoms with Crippen LogP contribution in [-0.4, -0.2) is 37.1 Å². The zero-order valence-electron chi connectivity index (χ0n) is 9.37. The summed E-state index contributed by atoms with van der Waals surface area (Å²) in [4.78, 5) is 22.6. The van der Waals surface area contributed by atoms with Crippen LogP contribution < -0.4 is 10.6 Å². The summed E-state index contributed by atoms with van der Waals surface area (Å²) in [5.74, 6) is -0.0577. The molecule has 1 amide bonds. The third-order valence-corrected chi connectivity index (χ3v) is 2.09. The molecule has 0 aliphatic carbocycles. The molecule has 0 unspecified atom stereocenters. The molecule has 0 aromatic rings. The number of carbonyl (C=O) groups is 2. The topological polar surface area (TPSA) is 77.3 Å². The first-order valence-corrected chi connectivity index (χ1v) is 5.26. The third kappa shape index (κ3) is 3.51. The number of amides is 1. The number of nitrogens with one attached hydrogen (secondary N) is 2. The van der Waals surface area contributed by atoms with E-state index in [4.69, 9.17) is 4.74 Å². The Kier molecular flexibility index (Phi) is 4.08. The molecule has 86 valence electrons. The number of carbonyl (C=O) groups excluding carboxylic acids is 2. The van der Waals surface area contributed by atoms with Crippen molar-refractivity contribution in [1.82, 2.24) is 10.6 Å². The second kappa shape index (κ2) is 5.11. The Balaban J connectivity index is 2.24. The lowest BCUT2D eigenvalue weighted by Crippen LogP contribution is -2.33. The minimum atomic E-state index is -0.447. The lowest BCUT2D eigenvalue weighted by atomic mass is 10.2. The van der Waals surface area contributed by atoms with Crippen LogP contribution in [0.25, 0.3) is 0 Å². The molecular formula is C10H18N2O3. The van der Waals surface area contributed by atoms with Crippen LogP contribution in [0.2, 0.25) is 0 Å². The summed E-state index contributed by atoms with van der Waals surface area (Å²) in [5.41, 5.74) is 0. The fraction of sp³-hybridized carbons (Fsp3) is 0.800. The van der Waals surface area contributed by atoms with Crippen molar-refractivity contribution in [3.05, 3.63) is 0 Å². The predicted molar refractivity (Wildman–Crippen MR) is 55.2 cm³/mol. The zero-order chi connectivity index (χ0) is 11.4. The maximum atomic E-state index is 11.4. The van der Waals surface area contributed by atoms with Crippen molar-refractivity contribution in [2.45, 2.75) is 32.9 Å². The molecule has 1 rings (SSSR count). The van der Waals surface area contributed by atoms with Gasteiger partial charge in [0.15, 0.2) is 0 Å². The number of hydrogen-bond acceptors (Lipinski definition) is 4. The van der Waals surface area contributed by atoms with Crippen LogP contribution in [0.1, 0.15) is 20.8 Å². The van der Waals surface area contributed by atoms with E-state index in [1.54, 1.807) is 6.92 Å². The van der Waals surface area contributed by atoms with Crippen LogP contribution in [0.4, 0.5) is 0 Å². The van der Waals surface area contributed by atoms with E-state index in [0.717, 1.165) is 0 Å². The van der Waals surface area contributed by atoms with Gasteiger partial charge in [0, 0.05) is 6.54 Å². The molecule has 0 spiro atoms. The van der Waals surface area contributed by atoms with E-state index < -0.39 is 12.1 Å². The van der Waals surface area contributed by atoms with E-state index in [-0.39, 0.29) is 11.9 Å². The number of hydrogen-bond donors (Lipinski definition) is 2. The zero-order valence-corrected chi connectivity index (χ0v) is 9.37. The van der Waals surface area contributed by atoms with Gasteiger partial charge in [-0.1, -0.05) is 13.8 Å². The average molecular weight is 214 g/mol. The molecular weight excluding hydrogens is 196 g/mol. The molecule has 1 fully saturated rings. The average Bonchev–Trinajstić information content (AvgIpc) is 2.94. The van der Waals surface area contributed by atoms with Crippen LogP contribution in [0.3, 0.4) is 0 Å². The minimum Gasteiger partial charge on any atom is -0.465 e. The van der Waals surface area contributed by atoms with Gasteiger partial charge in [0.05, 0.1) is 6.61 Å². The Labute approximate surface area is 89.6 Å². The molecule has 1 heterocycles. The molecule has 0 radical (unpaired) electrons. The first-order chi connectivity index (χ1) is 7.06. The Morgan fingerprint density at radius 1 is 1.40 bits per heavy atom. The molecule has 0 saturated carbocycles. The summed E-state index contributed by atoms with van der Waals surface area (Å²) in [5, 5.41) is 5.55. The molecule has 0 aromatic carbocycles. The maximum Gasteiger partial charge on any atom is 0.325 e. The van der Waals surface area contributed by atoms with Crippen LogP contribution in [0, 0.1) is 5.92 Å². The highest BCUT2D eigenvalue weighted by atomic mass is 16.5. The number of esters is 1. The van der Waals surface area contributed by atoms with Crippen molar-refractivity contribution in [2.75, 3.05) is 13.2 Å². The number of ether oxygens (including phenoxy) is 1. The van der Waals surface area contributed by atoms with E-state index in [2.05, 4.69) is 10.6 Å². The summed E-state index contributed by atoms with van der Waals surface area (Å²) in [6.45, 7) is 6.75. The lowest BCUT2D eigenvalue weighted by Gasteiger charge is -2.05. The third-order valence-electron chi connectivity index (χ3n) is 2.09. The van der Waals surface area contributed by atoms with Gasteiger partial charge in [-0.3, -0.25) is 14.9 Å². The highest BCUT2D eigenvalue weighted by Gasteiger charge is 2.48. The monoisotopic (exact) mass is 214 g/mol. The molecule has 1 aliphatic heterocycles. The highest BCUT2D eigenvalue weighted by molar-refractivity contribution is 5.95. The van der Waals surface area contributed by atoms with Crippen LogP contribution in [-0.2, 0) is 14.3 Å². The van der Waals surface area contributed by atoms with Gasteiger partial charge in [-0.15, -0.1) is 0 Å². The van der Waals surface area contributed by atoms with E-state index in [0.29, 0.717) is 19.1 Å². The lowest BCUT2D eigenvalue weighted by molar-refractivity contribution is -0.143. The van der Waals surface area contributed by atoms with Crippen molar-refractivity contribution in [3.63, 3.8) is 0 Å². The first kappa shape index (κ1) is 12.0. The van der Waals surface area contributed by atoms with Crippen molar-refractivity contribution in [3.8, 4) is 0 Å². The van der Waals surface area contributed by atoms with E-state index >= 15 is 0 Å². The Morgan fingerprint density at radius 2 is 2.07 bits per heavy atom. The number of rotatable bonds is 5. The van der Waals surface area contributed by atoms with E-state index in [9.17, 15) is 9.59 Å². The molecule has 15 heavy (non-hydrogen) atoms. The molecule has 1 saturated heterocycles. The van der Waals surface area contributed by atoms with Gasteiger partial charge in [-0.05, 0) is 12.8 Å². The van der Waals surface area contributed by atoms with E-state index in [1.807, 2.05) is 13.8 Å². The first-order valence-electron chi connectivity index (χ1n) is 5.26. The second-order valence-corrected chi connectivity index (χ2v) is 4.01. The standard InChI is InChI=1S/C10H18N2O3/c1-4-15-10(14)8-7(12-8)9(13)11-5-6(2)3/h6-8,12H,4-5H2,1-3H3,(H,11,13)/t7-,8-/m1/s1. The molecule has 0 bridgehead atoms. The summed E-state index contributed by atoms with van der Waals surface area (Å²) in [6.07, 6.45) is 0. The van der Waals surface area contributed by atoms with Crippen molar-refractivity contribution in [1.29, 1.82) is 0 Å². The summed E-state index contributed by atoms with van der Waals surface area (Å²) in [7, 11) is 0. The molecule has 1 aliphatic rings. The van der Waals surface area contributed by atoms with Crippen molar-refractivity contribution < 1.29 is 14.3 Å². The van der Waals surface area contributed by atoms with Gasteiger partial charge in [0.2, 0.25) is 5.91 Å². The van der Waals surface area contributed by atoms with Gasteiger partial charge < -0.3 is 10.1 Å². The van der Waals surface area contributed by atoms with Crippen molar-refractivity contribution >= 4 is 11.9 Å². The van der Waals surface area contributed by atoms with Crippen LogP contribution >= 0.6 is 0 Å². The summed E-state index contributed by atoms with van der Waals surface area (Å²) in [6, 6.07) is -0.847. The highest BCUT2D eigenvalue weighted by Crippen LogP contribution is 2.12. The largest absolute Gasteiger partial charge is 0.465 e. The quantitative estimate of drug-likeness (QED) is 0.485. The normalized spacial score (nSPS) is 23.7. The summed E-state index contributed by atoms with van der Waals surface area (Å²) < 4.78 is 4.79. The van der Waals surface area contributed by atoms with Gasteiger partial charge in [-0.25, -0.2) is 0 Å². The van der Waals surface area contributed by atoms with Gasteiger partial charge >= 0.3 is 5.97 Å².